The van der Waals surface area contributed by atoms with Crippen LogP contribution in [0.5, 0.6) is 0 Å². The Hall–Kier alpha value is -1.32. The molecule has 0 bridgehead atoms. The van der Waals surface area contributed by atoms with Crippen LogP contribution in [-0.2, 0) is 21.4 Å². The molecule has 1 aromatic heterocycles. The fourth-order valence-electron chi connectivity index (χ4n) is 4.99. The third-order valence-corrected chi connectivity index (χ3v) is 9.45. The largest absolute Gasteiger partial charge is 0.341 e. The van der Waals surface area contributed by atoms with Gasteiger partial charge in [-0.1, -0.05) is 48.5 Å². The number of benzene rings is 1. The lowest BCUT2D eigenvalue weighted by Crippen LogP contribution is -2.53. The van der Waals surface area contributed by atoms with E-state index in [1.165, 1.54) is 31.4 Å². The zero-order valence-corrected chi connectivity index (χ0v) is 21.2. The molecule has 2 aromatic rings. The Morgan fingerprint density at radius 1 is 1.12 bits per heavy atom. The van der Waals surface area contributed by atoms with Gasteiger partial charge in [-0.3, -0.25) is 4.79 Å². The number of piperidine rings is 1. The van der Waals surface area contributed by atoms with Gasteiger partial charge in [0.1, 0.15) is 10.9 Å². The highest BCUT2D eigenvalue weighted by molar-refractivity contribution is 7.89. The van der Waals surface area contributed by atoms with Crippen LogP contribution in [0.25, 0.3) is 0 Å². The van der Waals surface area contributed by atoms with E-state index in [-0.39, 0.29) is 32.6 Å². The van der Waals surface area contributed by atoms with Crippen molar-refractivity contribution in [1.29, 1.82) is 0 Å². The molecule has 1 saturated carbocycles. The van der Waals surface area contributed by atoms with Crippen LogP contribution < -0.4 is 4.72 Å². The Kier molecular flexibility index (Phi) is 7.91. The van der Waals surface area contributed by atoms with E-state index in [4.69, 9.17) is 34.8 Å². The number of nitrogens with one attached hydrogen (secondary N) is 1. The highest BCUT2D eigenvalue weighted by atomic mass is 35.5. The summed E-state index contributed by atoms with van der Waals surface area (Å²) in [6.07, 6.45) is 9.18. The van der Waals surface area contributed by atoms with Gasteiger partial charge in [-0.15, -0.1) is 0 Å². The van der Waals surface area contributed by atoms with Crippen molar-refractivity contribution in [1.82, 2.24) is 19.2 Å². The van der Waals surface area contributed by atoms with E-state index in [1.54, 1.807) is 23.0 Å². The molecule has 7 nitrogen and oxygen atoms in total. The van der Waals surface area contributed by atoms with Crippen molar-refractivity contribution in [3.05, 3.63) is 45.9 Å². The van der Waals surface area contributed by atoms with Crippen molar-refractivity contribution >= 4 is 50.7 Å². The highest BCUT2D eigenvalue weighted by Gasteiger charge is 2.37. The number of amides is 1. The average molecular weight is 534 g/mol. The lowest BCUT2D eigenvalue weighted by atomic mass is 9.75. The van der Waals surface area contributed by atoms with Gasteiger partial charge in [-0.05, 0) is 54.8 Å². The standard InChI is InChI=1S/C22H27Cl3N4O3S/c23-17-6-3-7-18(24)20(17)33(31,32)27-19(9-12-28-13-10-26-22(28)25)21(30)29-11-8-15-4-1-2-5-16(15)14-29/h3,6-7,10,13,15-16,19,27H,1-2,4-5,8-9,11-12,14H2/t15-,16-,19?/m1/s1. The van der Waals surface area contributed by atoms with Gasteiger partial charge < -0.3 is 9.47 Å². The fourth-order valence-corrected chi connectivity index (χ4v) is 7.55. The molecule has 0 radical (unpaired) electrons. The number of aromatic nitrogens is 2. The Morgan fingerprint density at radius 2 is 1.82 bits per heavy atom. The number of carbonyl (C=O) groups excluding carboxylic acids is 1. The van der Waals surface area contributed by atoms with Crippen molar-refractivity contribution in [2.24, 2.45) is 11.8 Å². The first-order valence-electron chi connectivity index (χ1n) is 11.2. The minimum Gasteiger partial charge on any atom is -0.341 e. The molecule has 1 unspecified atom stereocenters. The van der Waals surface area contributed by atoms with Gasteiger partial charge in [0.15, 0.2) is 0 Å². The normalized spacial score (nSPS) is 22.1. The van der Waals surface area contributed by atoms with Crippen LogP contribution in [-0.4, -0.2) is 47.9 Å². The summed E-state index contributed by atoms with van der Waals surface area (Å²) in [5.74, 6) is 0.904. The highest BCUT2D eigenvalue weighted by Crippen LogP contribution is 2.36. The molecule has 0 spiro atoms. The zero-order valence-electron chi connectivity index (χ0n) is 18.1. The summed E-state index contributed by atoms with van der Waals surface area (Å²) in [5.41, 5.74) is 0. The maximum absolute atomic E-state index is 13.6. The van der Waals surface area contributed by atoms with Crippen molar-refractivity contribution < 1.29 is 13.2 Å². The quantitative estimate of drug-likeness (QED) is 0.563. The summed E-state index contributed by atoms with van der Waals surface area (Å²) >= 11 is 18.4. The number of likely N-dealkylation sites (tertiary alicyclic amines) is 1. The number of carbonyl (C=O) groups is 1. The zero-order chi connectivity index (χ0) is 23.6. The van der Waals surface area contributed by atoms with Crippen LogP contribution in [0.3, 0.4) is 0 Å². The van der Waals surface area contributed by atoms with E-state index in [0.29, 0.717) is 31.5 Å². The Balaban J connectivity index is 1.56. The SMILES string of the molecule is O=C(C(CCn1ccnc1Cl)NS(=O)(=O)c1c(Cl)cccc1Cl)N1CC[C@H]2CCCC[C@@H]2C1. The molecule has 1 N–H and O–H groups in total. The van der Waals surface area contributed by atoms with Crippen molar-refractivity contribution in [3.8, 4) is 0 Å². The van der Waals surface area contributed by atoms with Gasteiger partial charge in [-0.2, -0.15) is 4.72 Å². The second-order valence-corrected chi connectivity index (χ2v) is 11.6. The van der Waals surface area contributed by atoms with Crippen molar-refractivity contribution in [3.63, 3.8) is 0 Å². The molecule has 1 aliphatic carbocycles. The number of aryl methyl sites for hydroxylation is 1. The summed E-state index contributed by atoms with van der Waals surface area (Å²) in [5, 5.41) is 0.282. The molecule has 11 heteroatoms. The van der Waals surface area contributed by atoms with Crippen LogP contribution in [0.15, 0.2) is 35.5 Å². The molecule has 3 atom stereocenters. The predicted octanol–water partition coefficient (Wildman–Crippen LogP) is 4.62. The second-order valence-electron chi connectivity index (χ2n) is 8.78. The second kappa shape index (κ2) is 10.5. The van der Waals surface area contributed by atoms with E-state index < -0.39 is 16.1 Å². The molecule has 33 heavy (non-hydrogen) atoms. The first kappa shape index (κ1) is 24.8. The number of imidazole rings is 1. The fraction of sp³-hybridized carbons (Fsp3) is 0.545. The smallest absolute Gasteiger partial charge is 0.244 e. The summed E-state index contributed by atoms with van der Waals surface area (Å²) in [7, 11) is -4.15. The third-order valence-electron chi connectivity index (χ3n) is 6.71. The lowest BCUT2D eigenvalue weighted by molar-refractivity contribution is -0.136. The number of hydrogen-bond donors (Lipinski definition) is 1. The van der Waals surface area contributed by atoms with Gasteiger partial charge in [0, 0.05) is 32.0 Å². The summed E-state index contributed by atoms with van der Waals surface area (Å²) in [4.78, 5) is 19.1. The van der Waals surface area contributed by atoms with Gasteiger partial charge in [0.2, 0.25) is 21.2 Å². The number of sulfonamides is 1. The summed E-state index contributed by atoms with van der Waals surface area (Å²) in [6, 6.07) is 3.50. The number of rotatable bonds is 7. The van der Waals surface area contributed by atoms with E-state index in [1.807, 2.05) is 4.90 Å². The molecule has 4 rings (SSSR count). The molecule has 1 aromatic carbocycles. The number of hydrogen-bond acceptors (Lipinski definition) is 4. The predicted molar refractivity (Wildman–Crippen MR) is 129 cm³/mol. The lowest BCUT2D eigenvalue weighted by Gasteiger charge is -2.42. The first-order valence-corrected chi connectivity index (χ1v) is 13.8. The van der Waals surface area contributed by atoms with Crippen LogP contribution >= 0.6 is 34.8 Å². The Labute approximate surface area is 209 Å². The monoisotopic (exact) mass is 532 g/mol. The van der Waals surface area contributed by atoms with E-state index >= 15 is 0 Å². The minimum atomic E-state index is -4.15. The van der Waals surface area contributed by atoms with Gasteiger partial charge >= 0.3 is 0 Å². The van der Waals surface area contributed by atoms with Gasteiger partial charge in [0.25, 0.3) is 0 Å². The number of nitrogens with zero attached hydrogens (tertiary/aromatic N) is 3. The molecular weight excluding hydrogens is 507 g/mol. The summed E-state index contributed by atoms with van der Waals surface area (Å²) < 4.78 is 30.7. The van der Waals surface area contributed by atoms with Crippen LogP contribution in [0, 0.1) is 11.8 Å². The molecule has 2 fully saturated rings. The summed E-state index contributed by atoms with van der Waals surface area (Å²) in [6.45, 7) is 1.63. The number of fused-ring (bicyclic) bond motifs is 1. The third kappa shape index (κ3) is 5.68. The molecule has 1 saturated heterocycles. The minimum absolute atomic E-state index is 0.00173. The topological polar surface area (TPSA) is 84.3 Å². The molecule has 1 aliphatic heterocycles. The van der Waals surface area contributed by atoms with E-state index in [0.717, 1.165) is 12.8 Å². The molecule has 180 valence electrons. The first-order chi connectivity index (χ1) is 15.8. The van der Waals surface area contributed by atoms with Gasteiger partial charge in [0.05, 0.1) is 10.0 Å². The van der Waals surface area contributed by atoms with Gasteiger partial charge in [-0.25, -0.2) is 13.4 Å². The average Bonchev–Trinajstić information content (AvgIpc) is 3.20. The van der Waals surface area contributed by atoms with E-state index in [2.05, 4.69) is 9.71 Å². The molecule has 2 aliphatic rings. The molecular formula is C22H27Cl3N4O3S. The Morgan fingerprint density at radius 3 is 2.48 bits per heavy atom. The van der Waals surface area contributed by atoms with Crippen molar-refractivity contribution in [2.75, 3.05) is 13.1 Å². The molecule has 1 amide bonds. The number of halogens is 3. The van der Waals surface area contributed by atoms with Crippen molar-refractivity contribution in [2.45, 2.75) is 56.0 Å². The van der Waals surface area contributed by atoms with E-state index in [9.17, 15) is 13.2 Å². The maximum Gasteiger partial charge on any atom is 0.244 e. The molecule has 2 heterocycles. The van der Waals surface area contributed by atoms with Crippen LogP contribution in [0.2, 0.25) is 15.3 Å². The Bertz CT molecular complexity index is 1090. The maximum atomic E-state index is 13.6. The van der Waals surface area contributed by atoms with Crippen LogP contribution in [0.4, 0.5) is 0 Å². The van der Waals surface area contributed by atoms with Crippen LogP contribution in [0.1, 0.15) is 38.5 Å².